The highest BCUT2D eigenvalue weighted by Crippen LogP contribution is 2.37. The van der Waals surface area contributed by atoms with Crippen LogP contribution in [0.3, 0.4) is 0 Å². The number of aromatic nitrogens is 2. The zero-order chi connectivity index (χ0) is 19.4. The lowest BCUT2D eigenvalue weighted by molar-refractivity contribution is 0.591. The predicted octanol–water partition coefficient (Wildman–Crippen LogP) is 5.47. The molecular weight excluding hydrogens is 422 g/mol. The molecule has 1 saturated heterocycles. The van der Waals surface area contributed by atoms with Gasteiger partial charge in [0.15, 0.2) is 16.1 Å². The summed E-state index contributed by atoms with van der Waals surface area (Å²) in [7, 11) is 0. The van der Waals surface area contributed by atoms with Crippen molar-refractivity contribution >= 4 is 65.0 Å². The van der Waals surface area contributed by atoms with Crippen molar-refractivity contribution in [1.29, 1.82) is 0 Å². The molecule has 0 saturated carbocycles. The van der Waals surface area contributed by atoms with Crippen molar-refractivity contribution in [2.75, 3.05) is 36.0 Å². The number of rotatable bonds is 2. The number of fused-ring (bicyclic) bond motifs is 2. The second-order valence-corrected chi connectivity index (χ2v) is 9.14. The number of anilines is 2. The summed E-state index contributed by atoms with van der Waals surface area (Å²) in [6.07, 6.45) is 0. The number of benzene rings is 2. The molecule has 3 heterocycles. The van der Waals surface area contributed by atoms with Gasteiger partial charge in [0, 0.05) is 32.2 Å². The Kier molecular flexibility index (Phi) is 4.37. The van der Waals surface area contributed by atoms with Crippen LogP contribution in [0.5, 0.6) is 0 Å². The monoisotopic (exact) mass is 436 g/mol. The largest absolute Gasteiger partial charge is 0.345 e. The van der Waals surface area contributed by atoms with Gasteiger partial charge in [-0.1, -0.05) is 40.3 Å². The lowest BCUT2D eigenvalue weighted by Crippen LogP contribution is -2.46. The van der Waals surface area contributed by atoms with Crippen molar-refractivity contribution in [3.8, 4) is 0 Å². The van der Waals surface area contributed by atoms with Crippen molar-refractivity contribution < 1.29 is 8.78 Å². The molecule has 5 rings (SSSR count). The average molecular weight is 437 g/mol. The fraction of sp³-hybridized carbons (Fsp3) is 0.263. The molecule has 1 aliphatic rings. The zero-order valence-electron chi connectivity index (χ0n) is 14.9. The molecule has 0 unspecified atom stereocenters. The zero-order valence-corrected chi connectivity index (χ0v) is 17.3. The van der Waals surface area contributed by atoms with Gasteiger partial charge < -0.3 is 9.80 Å². The molecule has 2 aromatic heterocycles. The van der Waals surface area contributed by atoms with Gasteiger partial charge in [-0.15, -0.1) is 0 Å². The summed E-state index contributed by atoms with van der Waals surface area (Å²) in [5.41, 5.74) is 2.31. The first-order valence-corrected chi connectivity index (χ1v) is 10.8. The lowest BCUT2D eigenvalue weighted by atomic mass is 10.2. The number of halogens is 3. The van der Waals surface area contributed by atoms with E-state index in [0.29, 0.717) is 4.70 Å². The lowest BCUT2D eigenvalue weighted by Gasteiger charge is -2.34. The average Bonchev–Trinajstić information content (AvgIpc) is 3.30. The highest BCUT2D eigenvalue weighted by molar-refractivity contribution is 7.23. The SMILES string of the molecule is Cc1ccc(Cl)c2sc(N3CCN(c4nc5c(F)cc(F)cc5s4)CC3)nc12. The summed E-state index contributed by atoms with van der Waals surface area (Å²) in [6.45, 7) is 5.08. The normalized spacial score (nSPS) is 15.1. The van der Waals surface area contributed by atoms with Gasteiger partial charge in [-0.25, -0.2) is 18.7 Å². The Morgan fingerprint density at radius 3 is 2.25 bits per heavy atom. The van der Waals surface area contributed by atoms with Crippen LogP contribution in [-0.2, 0) is 0 Å². The predicted molar refractivity (Wildman–Crippen MR) is 113 cm³/mol. The number of piperazine rings is 1. The van der Waals surface area contributed by atoms with Gasteiger partial charge in [-0.05, 0) is 24.6 Å². The van der Waals surface area contributed by atoms with Crippen LogP contribution in [0.1, 0.15) is 5.56 Å². The Morgan fingerprint density at radius 2 is 1.57 bits per heavy atom. The van der Waals surface area contributed by atoms with Gasteiger partial charge in [0.2, 0.25) is 0 Å². The maximum atomic E-state index is 13.9. The molecular formula is C19H15ClF2N4S2. The fourth-order valence-electron chi connectivity index (χ4n) is 3.40. The molecule has 0 spiro atoms. The van der Waals surface area contributed by atoms with Gasteiger partial charge >= 0.3 is 0 Å². The molecule has 0 radical (unpaired) electrons. The molecule has 4 aromatic rings. The third-order valence-corrected chi connectivity index (χ3v) is 7.55. The van der Waals surface area contributed by atoms with E-state index in [1.807, 2.05) is 19.1 Å². The minimum Gasteiger partial charge on any atom is -0.345 e. The Balaban J connectivity index is 1.37. The van der Waals surface area contributed by atoms with Crippen LogP contribution in [0.4, 0.5) is 19.0 Å². The van der Waals surface area contributed by atoms with Crippen molar-refractivity contribution in [3.05, 3.63) is 46.5 Å². The molecule has 0 aliphatic carbocycles. The van der Waals surface area contributed by atoms with Crippen LogP contribution in [0.15, 0.2) is 24.3 Å². The first kappa shape index (κ1) is 18.0. The maximum absolute atomic E-state index is 13.9. The molecule has 0 atom stereocenters. The van der Waals surface area contributed by atoms with Crippen molar-refractivity contribution in [1.82, 2.24) is 9.97 Å². The topological polar surface area (TPSA) is 32.3 Å². The molecule has 28 heavy (non-hydrogen) atoms. The van der Waals surface area contributed by atoms with E-state index in [1.54, 1.807) is 11.3 Å². The molecule has 2 aromatic carbocycles. The molecule has 1 fully saturated rings. The fourth-order valence-corrected chi connectivity index (χ4v) is 5.82. The number of hydrogen-bond donors (Lipinski definition) is 0. The standard InChI is InChI=1S/C19H15ClF2N4S2/c1-10-2-3-12(20)17-15(10)23-19(28-17)26-6-4-25(5-7-26)18-24-16-13(22)8-11(21)9-14(16)27-18/h2-3,8-9H,4-7H2,1H3. The van der Waals surface area contributed by atoms with Crippen LogP contribution in [0.2, 0.25) is 5.02 Å². The van der Waals surface area contributed by atoms with E-state index in [1.165, 1.54) is 17.4 Å². The Hall–Kier alpha value is -2.03. The Labute approximate surface area is 173 Å². The molecule has 0 amide bonds. The van der Waals surface area contributed by atoms with Gasteiger partial charge in [0.1, 0.15) is 11.3 Å². The molecule has 144 valence electrons. The number of hydrogen-bond acceptors (Lipinski definition) is 6. The van der Waals surface area contributed by atoms with Crippen LogP contribution in [0, 0.1) is 18.6 Å². The van der Waals surface area contributed by atoms with Crippen LogP contribution in [0.25, 0.3) is 20.4 Å². The highest BCUT2D eigenvalue weighted by atomic mass is 35.5. The molecule has 0 N–H and O–H groups in total. The minimum atomic E-state index is -0.613. The summed E-state index contributed by atoms with van der Waals surface area (Å²) in [6, 6.07) is 6.11. The van der Waals surface area contributed by atoms with E-state index in [9.17, 15) is 8.78 Å². The summed E-state index contributed by atoms with van der Waals surface area (Å²) in [5, 5.41) is 2.41. The van der Waals surface area contributed by atoms with Crippen LogP contribution in [-0.4, -0.2) is 36.1 Å². The van der Waals surface area contributed by atoms with Gasteiger partial charge in [0.25, 0.3) is 0 Å². The van der Waals surface area contributed by atoms with Crippen LogP contribution < -0.4 is 9.80 Å². The maximum Gasteiger partial charge on any atom is 0.186 e. The second-order valence-electron chi connectivity index (χ2n) is 6.74. The molecule has 4 nitrogen and oxygen atoms in total. The summed E-state index contributed by atoms with van der Waals surface area (Å²) in [5.74, 6) is -1.19. The Bertz CT molecular complexity index is 1160. The van der Waals surface area contributed by atoms with Gasteiger partial charge in [-0.3, -0.25) is 0 Å². The molecule has 1 aliphatic heterocycles. The van der Waals surface area contributed by atoms with Crippen LogP contribution >= 0.6 is 34.3 Å². The summed E-state index contributed by atoms with van der Waals surface area (Å²) in [4.78, 5) is 13.5. The quantitative estimate of drug-likeness (QED) is 0.417. The first-order valence-electron chi connectivity index (χ1n) is 8.81. The third-order valence-electron chi connectivity index (χ3n) is 4.91. The second kappa shape index (κ2) is 6.79. The van der Waals surface area contributed by atoms with E-state index in [-0.39, 0.29) is 5.52 Å². The van der Waals surface area contributed by atoms with E-state index in [0.717, 1.165) is 63.3 Å². The summed E-state index contributed by atoms with van der Waals surface area (Å²) >= 11 is 9.26. The summed E-state index contributed by atoms with van der Waals surface area (Å²) < 4.78 is 28.9. The van der Waals surface area contributed by atoms with Gasteiger partial charge in [-0.2, -0.15) is 0 Å². The number of thiazole rings is 2. The smallest absolute Gasteiger partial charge is 0.186 e. The van der Waals surface area contributed by atoms with Crippen molar-refractivity contribution in [3.63, 3.8) is 0 Å². The number of aryl methyl sites for hydroxylation is 1. The first-order chi connectivity index (χ1) is 13.5. The van der Waals surface area contributed by atoms with E-state index < -0.39 is 11.6 Å². The highest BCUT2D eigenvalue weighted by Gasteiger charge is 2.23. The van der Waals surface area contributed by atoms with Crippen molar-refractivity contribution in [2.45, 2.75) is 6.92 Å². The van der Waals surface area contributed by atoms with Crippen molar-refractivity contribution in [2.24, 2.45) is 0 Å². The Morgan fingerprint density at radius 1 is 0.929 bits per heavy atom. The molecule has 9 heteroatoms. The number of nitrogens with zero attached hydrogens (tertiary/aromatic N) is 4. The third kappa shape index (κ3) is 3.00. The van der Waals surface area contributed by atoms with Gasteiger partial charge in [0.05, 0.1) is 19.9 Å². The molecule has 0 bridgehead atoms. The van der Waals surface area contributed by atoms with E-state index in [4.69, 9.17) is 16.6 Å². The minimum absolute atomic E-state index is 0.236. The van der Waals surface area contributed by atoms with E-state index >= 15 is 0 Å². The van der Waals surface area contributed by atoms with E-state index in [2.05, 4.69) is 14.8 Å².